The van der Waals surface area contributed by atoms with Crippen LogP contribution in [0.15, 0.2) is 11.6 Å². The van der Waals surface area contributed by atoms with Crippen LogP contribution in [0.4, 0.5) is 0 Å². The maximum Gasteiger partial charge on any atom is 0.151 e. The zero-order valence-corrected chi connectivity index (χ0v) is 31.8. The van der Waals surface area contributed by atoms with Crippen molar-refractivity contribution in [1.82, 2.24) is 0 Å². The summed E-state index contributed by atoms with van der Waals surface area (Å²) in [5.74, 6) is 5.46. The number of hydrogen-bond acceptors (Lipinski definition) is 13. The molecule has 0 bridgehead atoms. The molecule has 0 aliphatic heterocycles. The Labute approximate surface area is 309 Å². The molecular weight excluding hydrogens is 676 g/mol. The summed E-state index contributed by atoms with van der Waals surface area (Å²) >= 11 is 0. The van der Waals surface area contributed by atoms with Crippen molar-refractivity contribution >= 4 is 12.6 Å². The van der Waals surface area contributed by atoms with E-state index in [4.69, 9.17) is 51.1 Å². The Morgan fingerprint density at radius 2 is 1.27 bits per heavy atom. The number of aliphatic hydroxyl groups excluding tert-OH is 11. The van der Waals surface area contributed by atoms with Crippen LogP contribution in [-0.4, -0.2) is 137 Å². The minimum absolute atomic E-state index is 0.0258. The Morgan fingerprint density at radius 1 is 0.731 bits per heavy atom. The number of carbonyl (C=O) groups is 2. The van der Waals surface area contributed by atoms with Gasteiger partial charge in [-0.25, -0.2) is 0 Å². The SMILES string of the molecule is CC(C)CCC[C@@H](C)[C@H]1CC[C@H]2[C@@H]3CC=C4C[C@@H](O)CC[C@]4(C)[C@H]3CC[C@]12C.O=C[C@H](O)[C@@H](O)[C@H](O)[C@H](O)CO.O=C[C@H](O)[C@@H](O)[C@H](O)[C@H](O)CO. The van der Waals surface area contributed by atoms with E-state index >= 15 is 0 Å². The first-order valence-electron chi connectivity index (χ1n) is 19.3. The third-order valence-electron chi connectivity index (χ3n) is 13.1. The average molecular weight is 747 g/mol. The number of aliphatic hydroxyl groups is 11. The molecule has 3 saturated carbocycles. The summed E-state index contributed by atoms with van der Waals surface area (Å²) < 4.78 is 0. The molecule has 0 spiro atoms. The summed E-state index contributed by atoms with van der Waals surface area (Å²) in [7, 11) is 0. The van der Waals surface area contributed by atoms with Gasteiger partial charge in [-0.3, -0.25) is 0 Å². The zero-order valence-electron chi connectivity index (χ0n) is 31.8. The van der Waals surface area contributed by atoms with Gasteiger partial charge in [0.05, 0.1) is 19.3 Å². The Balaban J connectivity index is 0.000000325. The lowest BCUT2D eigenvalue weighted by Gasteiger charge is -2.58. The maximum atomic E-state index is 10.2. The highest BCUT2D eigenvalue weighted by molar-refractivity contribution is 5.57. The van der Waals surface area contributed by atoms with E-state index in [2.05, 4.69) is 40.7 Å². The van der Waals surface area contributed by atoms with Crippen LogP contribution in [0, 0.1) is 46.3 Å². The molecule has 0 unspecified atom stereocenters. The Bertz CT molecular complexity index is 1070. The summed E-state index contributed by atoms with van der Waals surface area (Å²) in [4.78, 5) is 19.8. The molecule has 52 heavy (non-hydrogen) atoms. The topological polar surface area (TPSA) is 257 Å². The highest BCUT2D eigenvalue weighted by Gasteiger charge is 2.59. The van der Waals surface area contributed by atoms with Gasteiger partial charge in [0.2, 0.25) is 0 Å². The second kappa shape index (κ2) is 21.1. The molecule has 0 heterocycles. The molecule has 0 saturated heterocycles. The smallest absolute Gasteiger partial charge is 0.151 e. The number of carbonyl (C=O) groups excluding carboxylic acids is 2. The van der Waals surface area contributed by atoms with Gasteiger partial charge < -0.3 is 65.8 Å². The molecule has 4 aliphatic rings. The zero-order chi connectivity index (χ0) is 39.6. The predicted molar refractivity (Wildman–Crippen MR) is 193 cm³/mol. The monoisotopic (exact) mass is 746 g/mol. The molecule has 0 aromatic heterocycles. The van der Waals surface area contributed by atoms with Gasteiger partial charge in [-0.05, 0) is 97.7 Å². The van der Waals surface area contributed by atoms with Crippen LogP contribution < -0.4 is 0 Å². The molecule has 4 rings (SSSR count). The van der Waals surface area contributed by atoms with E-state index in [1.165, 1.54) is 57.8 Å². The lowest BCUT2D eigenvalue weighted by Crippen LogP contribution is -2.50. The van der Waals surface area contributed by atoms with Crippen molar-refractivity contribution in [2.45, 2.75) is 160 Å². The average Bonchev–Trinajstić information content (AvgIpc) is 3.50. The lowest BCUT2D eigenvalue weighted by molar-refractivity contribution is -0.136. The number of aldehydes is 2. The molecule has 13 nitrogen and oxygen atoms in total. The Kier molecular flexibility index (Phi) is 19.0. The normalized spacial score (nSPS) is 34.8. The van der Waals surface area contributed by atoms with Crippen molar-refractivity contribution in [3.05, 3.63) is 11.6 Å². The molecule has 4 aliphatic carbocycles. The van der Waals surface area contributed by atoms with E-state index in [0.29, 0.717) is 10.8 Å². The van der Waals surface area contributed by atoms with Crippen molar-refractivity contribution in [2.24, 2.45) is 46.3 Å². The molecule has 0 radical (unpaired) electrons. The van der Waals surface area contributed by atoms with Crippen LogP contribution in [0.2, 0.25) is 0 Å². The van der Waals surface area contributed by atoms with Gasteiger partial charge in [0, 0.05) is 0 Å². The minimum atomic E-state index is -1.79. The van der Waals surface area contributed by atoms with Crippen LogP contribution in [0.25, 0.3) is 0 Å². The number of fused-ring (bicyclic) bond motifs is 5. The van der Waals surface area contributed by atoms with Crippen LogP contribution in [0.3, 0.4) is 0 Å². The molecule has 0 aromatic carbocycles. The second-order valence-electron chi connectivity index (χ2n) is 16.9. The Hall–Kier alpha value is -1.36. The summed E-state index contributed by atoms with van der Waals surface area (Å²) in [5.41, 5.74) is 2.60. The fraction of sp³-hybridized carbons (Fsp3) is 0.897. The molecule has 0 aromatic rings. The van der Waals surface area contributed by atoms with Gasteiger partial charge in [0.25, 0.3) is 0 Å². The van der Waals surface area contributed by atoms with Crippen molar-refractivity contribution < 1.29 is 65.8 Å². The van der Waals surface area contributed by atoms with Gasteiger partial charge in [-0.1, -0.05) is 65.5 Å². The van der Waals surface area contributed by atoms with Crippen molar-refractivity contribution in [3.63, 3.8) is 0 Å². The van der Waals surface area contributed by atoms with E-state index < -0.39 is 62.0 Å². The number of allylic oxidation sites excluding steroid dienone is 1. The summed E-state index contributed by atoms with van der Waals surface area (Å²) in [6.07, 6.45) is 3.48. The van der Waals surface area contributed by atoms with E-state index in [1.54, 1.807) is 5.57 Å². The summed E-state index contributed by atoms with van der Waals surface area (Å²) in [6, 6.07) is 0. The van der Waals surface area contributed by atoms with E-state index in [0.717, 1.165) is 48.3 Å². The largest absolute Gasteiger partial charge is 0.394 e. The molecule has 304 valence electrons. The molecule has 13 heteroatoms. The highest BCUT2D eigenvalue weighted by atomic mass is 16.4. The number of hydrogen-bond donors (Lipinski definition) is 11. The third-order valence-corrected chi connectivity index (χ3v) is 13.1. The third kappa shape index (κ3) is 11.3. The fourth-order valence-electron chi connectivity index (χ4n) is 9.90. The van der Waals surface area contributed by atoms with Gasteiger partial charge in [0.1, 0.15) is 48.8 Å². The second-order valence-corrected chi connectivity index (χ2v) is 16.9. The standard InChI is InChI=1S/C27H46O.2C6H12O6/c1-18(2)7-6-8-19(3)23-11-12-24-22-10-9-20-17-21(28)13-15-26(20,4)25(22)14-16-27(23,24)5;2*7-1-3(9)5(11)6(12)4(10)2-8/h9,18-19,21-25,28H,6-8,10-17H2,1-5H3;2*1,3-6,8-12H,2H2/t19-,21+,22+,23-,24+,25+,26+,27-;2*3-,4+,5+,6+/m100/s1. The van der Waals surface area contributed by atoms with Gasteiger partial charge in [-0.15, -0.1) is 0 Å². The van der Waals surface area contributed by atoms with Crippen molar-refractivity contribution in [3.8, 4) is 0 Å². The fourth-order valence-corrected chi connectivity index (χ4v) is 9.90. The van der Waals surface area contributed by atoms with E-state index in [9.17, 15) is 14.7 Å². The molecule has 0 amide bonds. The van der Waals surface area contributed by atoms with E-state index in [1.807, 2.05) is 0 Å². The van der Waals surface area contributed by atoms with Crippen molar-refractivity contribution in [2.75, 3.05) is 13.2 Å². The number of rotatable bonds is 15. The minimum Gasteiger partial charge on any atom is -0.394 e. The first-order chi connectivity index (χ1) is 24.3. The quantitative estimate of drug-likeness (QED) is 0.0813. The molecular formula is C39H70O13. The van der Waals surface area contributed by atoms with Crippen LogP contribution in [0.1, 0.15) is 105 Å². The maximum absolute atomic E-state index is 10.2. The summed E-state index contributed by atoms with van der Waals surface area (Å²) in [6.45, 7) is 11.0. The predicted octanol–water partition coefficient (Wildman–Crippen LogP) is 0.631. The lowest BCUT2D eigenvalue weighted by atomic mass is 9.47. The molecule has 11 N–H and O–H groups in total. The highest BCUT2D eigenvalue weighted by Crippen LogP contribution is 2.67. The van der Waals surface area contributed by atoms with Gasteiger partial charge in [0.15, 0.2) is 12.6 Å². The van der Waals surface area contributed by atoms with Crippen LogP contribution in [0.5, 0.6) is 0 Å². The summed E-state index contributed by atoms with van der Waals surface area (Å²) in [5, 5.41) is 97.3. The van der Waals surface area contributed by atoms with Gasteiger partial charge in [-0.2, -0.15) is 0 Å². The first-order valence-corrected chi connectivity index (χ1v) is 19.3. The van der Waals surface area contributed by atoms with Crippen LogP contribution >= 0.6 is 0 Å². The van der Waals surface area contributed by atoms with E-state index in [-0.39, 0.29) is 18.7 Å². The molecule has 16 atom stereocenters. The van der Waals surface area contributed by atoms with Crippen LogP contribution in [-0.2, 0) is 9.59 Å². The Morgan fingerprint density at radius 3 is 1.75 bits per heavy atom. The first kappa shape index (κ1) is 46.8. The van der Waals surface area contributed by atoms with Gasteiger partial charge >= 0.3 is 0 Å². The molecule has 3 fully saturated rings. The van der Waals surface area contributed by atoms with Crippen molar-refractivity contribution in [1.29, 1.82) is 0 Å².